The van der Waals surface area contributed by atoms with Gasteiger partial charge in [0.1, 0.15) is 6.04 Å². The molecule has 22 heavy (non-hydrogen) atoms. The maximum Gasteiger partial charge on any atom is 0.408 e. The molecule has 1 aliphatic heterocycles. The average molecular weight is 414 g/mol. The lowest BCUT2D eigenvalue weighted by atomic mass is 9.93. The van der Waals surface area contributed by atoms with Crippen molar-refractivity contribution in [1.82, 2.24) is 20.1 Å². The van der Waals surface area contributed by atoms with E-state index in [0.717, 1.165) is 3.57 Å². The summed E-state index contributed by atoms with van der Waals surface area (Å²) in [7, 11) is 0. The number of carboxylic acids is 1. The highest BCUT2D eigenvalue weighted by molar-refractivity contribution is 14.1. The van der Waals surface area contributed by atoms with Crippen LogP contribution in [0.2, 0.25) is 0 Å². The van der Waals surface area contributed by atoms with E-state index < -0.39 is 18.1 Å². The minimum atomic E-state index is -1.19. The third-order valence-electron chi connectivity index (χ3n) is 3.54. The van der Waals surface area contributed by atoms with Crippen molar-refractivity contribution < 1.29 is 19.8 Å². The van der Waals surface area contributed by atoms with Crippen LogP contribution in [-0.4, -0.2) is 48.9 Å². The fraction of sp³-hybridized carbons (Fsp3) is 0.231. The van der Waals surface area contributed by atoms with Crippen LogP contribution >= 0.6 is 22.6 Å². The van der Waals surface area contributed by atoms with Gasteiger partial charge in [-0.3, -0.25) is 15.0 Å². The number of pyridine rings is 1. The van der Waals surface area contributed by atoms with Crippen molar-refractivity contribution in [3.8, 4) is 0 Å². The van der Waals surface area contributed by atoms with E-state index in [9.17, 15) is 19.8 Å². The molecule has 2 aromatic rings. The Hall–Kier alpha value is -2.17. The first-order valence-corrected chi connectivity index (χ1v) is 7.48. The van der Waals surface area contributed by atoms with Gasteiger partial charge in [0.05, 0.1) is 5.69 Å². The van der Waals surface area contributed by atoms with Gasteiger partial charge in [-0.1, -0.05) is 0 Å². The molecule has 2 aromatic heterocycles. The zero-order chi connectivity index (χ0) is 15.9. The Morgan fingerprint density at radius 3 is 2.82 bits per heavy atom. The molecule has 1 aliphatic rings. The Morgan fingerprint density at radius 1 is 1.41 bits per heavy atom. The number of rotatable bonds is 2. The molecule has 9 heteroatoms. The van der Waals surface area contributed by atoms with Gasteiger partial charge in [0, 0.05) is 34.0 Å². The highest BCUT2D eigenvalue weighted by Gasteiger charge is 2.38. The lowest BCUT2D eigenvalue weighted by Crippen LogP contribution is -2.40. The summed E-state index contributed by atoms with van der Waals surface area (Å²) in [5.74, 6) is -1.19. The van der Waals surface area contributed by atoms with Crippen LogP contribution in [0.4, 0.5) is 4.79 Å². The molecule has 3 N–H and O–H groups in total. The monoisotopic (exact) mass is 414 g/mol. The molecular weight excluding hydrogens is 403 g/mol. The van der Waals surface area contributed by atoms with E-state index >= 15 is 0 Å². The van der Waals surface area contributed by atoms with Gasteiger partial charge in [-0.15, -0.1) is 0 Å². The second kappa shape index (κ2) is 5.55. The van der Waals surface area contributed by atoms with Crippen LogP contribution in [0.25, 0.3) is 0 Å². The number of halogens is 1. The molecule has 0 aromatic carbocycles. The first-order chi connectivity index (χ1) is 10.5. The van der Waals surface area contributed by atoms with Gasteiger partial charge in [0.25, 0.3) is 0 Å². The first-order valence-electron chi connectivity index (χ1n) is 6.40. The van der Waals surface area contributed by atoms with Crippen LogP contribution in [0.5, 0.6) is 0 Å². The zero-order valence-electron chi connectivity index (χ0n) is 11.2. The van der Waals surface area contributed by atoms with Gasteiger partial charge >= 0.3 is 12.1 Å². The number of hydrogen-bond donors (Lipinski definition) is 3. The molecular formula is C13H11IN4O4. The number of nitrogens with zero attached hydrogens (tertiary/aromatic N) is 3. The summed E-state index contributed by atoms with van der Waals surface area (Å²) in [5, 5.41) is 25.3. The molecule has 0 bridgehead atoms. The Labute approximate surface area is 138 Å². The highest BCUT2D eigenvalue weighted by Crippen LogP contribution is 2.35. The smallest absolute Gasteiger partial charge is 0.408 e. The minimum absolute atomic E-state index is 0.161. The second-order valence-electron chi connectivity index (χ2n) is 4.80. The molecule has 3 rings (SSSR count). The van der Waals surface area contributed by atoms with Crippen molar-refractivity contribution in [1.29, 1.82) is 0 Å². The lowest BCUT2D eigenvalue weighted by Gasteiger charge is -2.33. The fourth-order valence-electron chi connectivity index (χ4n) is 2.64. The third kappa shape index (κ3) is 2.40. The summed E-state index contributed by atoms with van der Waals surface area (Å²) < 4.78 is 0.889. The van der Waals surface area contributed by atoms with E-state index in [-0.39, 0.29) is 12.2 Å². The summed E-state index contributed by atoms with van der Waals surface area (Å²) in [5.41, 5.74) is 1.34. The molecule has 0 fully saturated rings. The largest absolute Gasteiger partial charge is 0.476 e. The molecule has 3 heterocycles. The topological polar surface area (TPSA) is 119 Å². The lowest BCUT2D eigenvalue weighted by molar-refractivity contribution is 0.0684. The van der Waals surface area contributed by atoms with Gasteiger partial charge < -0.3 is 10.2 Å². The summed E-state index contributed by atoms with van der Waals surface area (Å²) in [6.45, 7) is 0.251. The molecule has 0 spiro atoms. The molecule has 0 radical (unpaired) electrons. The van der Waals surface area contributed by atoms with E-state index in [4.69, 9.17) is 0 Å². The molecule has 0 aliphatic carbocycles. The molecule has 114 valence electrons. The first kappa shape index (κ1) is 14.8. The van der Waals surface area contributed by atoms with Crippen LogP contribution in [0.1, 0.15) is 33.5 Å². The number of carbonyl (C=O) groups is 2. The van der Waals surface area contributed by atoms with Crippen molar-refractivity contribution >= 4 is 34.7 Å². The molecule has 1 amide bonds. The standard InChI is InChI=1S/C13H11IN4O4/c14-6-1-3-15-8(5-6)11-9-7(2-4-18(11)13(21)22)16-17-10(9)12(19)20/h1,3,5,11H,2,4H2,(H,16,17)(H,19,20)(H,21,22). The Kier molecular flexibility index (Phi) is 3.72. The quantitative estimate of drug-likeness (QED) is 0.645. The zero-order valence-corrected chi connectivity index (χ0v) is 13.3. The number of aromatic nitrogens is 3. The van der Waals surface area contributed by atoms with Crippen molar-refractivity contribution in [2.75, 3.05) is 6.54 Å². The maximum absolute atomic E-state index is 11.6. The Balaban J connectivity index is 2.21. The predicted molar refractivity (Wildman–Crippen MR) is 82.8 cm³/mol. The highest BCUT2D eigenvalue weighted by atomic mass is 127. The van der Waals surface area contributed by atoms with Crippen LogP contribution < -0.4 is 0 Å². The van der Waals surface area contributed by atoms with Crippen LogP contribution in [0, 0.1) is 3.57 Å². The van der Waals surface area contributed by atoms with Crippen LogP contribution in [-0.2, 0) is 6.42 Å². The maximum atomic E-state index is 11.6. The van der Waals surface area contributed by atoms with Gasteiger partial charge in [0.2, 0.25) is 0 Å². The number of H-pyrrole nitrogens is 1. The van der Waals surface area contributed by atoms with Gasteiger partial charge in [0.15, 0.2) is 5.69 Å². The Morgan fingerprint density at radius 2 is 2.18 bits per heavy atom. The SMILES string of the molecule is O=C(O)c1n[nH]c2c1C(c1cc(I)ccn1)N(C(=O)O)CC2. The number of hydrogen-bond acceptors (Lipinski definition) is 4. The van der Waals surface area contributed by atoms with Crippen molar-refractivity contribution in [3.63, 3.8) is 0 Å². The van der Waals surface area contributed by atoms with Crippen LogP contribution in [0.15, 0.2) is 18.3 Å². The third-order valence-corrected chi connectivity index (χ3v) is 4.21. The van der Waals surface area contributed by atoms with Gasteiger partial charge in [-0.05, 0) is 34.7 Å². The van der Waals surface area contributed by atoms with Crippen molar-refractivity contribution in [2.45, 2.75) is 12.5 Å². The number of aromatic carboxylic acids is 1. The Bertz CT molecular complexity index is 760. The predicted octanol–water partition coefficient (Wildman–Crippen LogP) is 1.73. The minimum Gasteiger partial charge on any atom is -0.476 e. The molecule has 8 nitrogen and oxygen atoms in total. The summed E-state index contributed by atoms with van der Waals surface area (Å²) in [6, 6.07) is 2.75. The number of carboxylic acid groups (broad SMARTS) is 2. The van der Waals surface area contributed by atoms with Crippen LogP contribution in [0.3, 0.4) is 0 Å². The molecule has 0 saturated heterocycles. The van der Waals surface area contributed by atoms with E-state index in [1.165, 1.54) is 4.90 Å². The molecule has 1 unspecified atom stereocenters. The van der Waals surface area contributed by atoms with E-state index in [1.54, 1.807) is 18.3 Å². The normalized spacial score (nSPS) is 17.1. The number of aromatic amines is 1. The van der Waals surface area contributed by atoms with E-state index in [1.807, 2.05) is 0 Å². The van der Waals surface area contributed by atoms with Gasteiger partial charge in [-0.25, -0.2) is 9.59 Å². The summed E-state index contributed by atoms with van der Waals surface area (Å²) in [4.78, 5) is 28.4. The number of fused-ring (bicyclic) bond motifs is 1. The number of nitrogens with one attached hydrogen (secondary N) is 1. The van der Waals surface area contributed by atoms with Crippen molar-refractivity contribution in [3.05, 3.63) is 44.5 Å². The average Bonchev–Trinajstić information content (AvgIpc) is 2.90. The second-order valence-corrected chi connectivity index (χ2v) is 6.04. The number of amides is 1. The van der Waals surface area contributed by atoms with Gasteiger partial charge in [-0.2, -0.15) is 5.10 Å². The summed E-state index contributed by atoms with van der Waals surface area (Å²) in [6.07, 6.45) is 0.850. The van der Waals surface area contributed by atoms with Crippen molar-refractivity contribution in [2.24, 2.45) is 0 Å². The molecule has 1 atom stereocenters. The fourth-order valence-corrected chi connectivity index (χ4v) is 3.12. The van der Waals surface area contributed by atoms with E-state index in [0.29, 0.717) is 23.4 Å². The summed E-state index contributed by atoms with van der Waals surface area (Å²) >= 11 is 2.10. The molecule has 0 saturated carbocycles. The van der Waals surface area contributed by atoms with E-state index in [2.05, 4.69) is 37.8 Å².